The lowest BCUT2D eigenvalue weighted by atomic mass is 10.1. The van der Waals surface area contributed by atoms with Crippen LogP contribution in [0, 0.1) is 17.1 Å². The number of rotatable bonds is 2. The number of hydrogen-bond donors (Lipinski definition) is 1. The van der Waals surface area contributed by atoms with Crippen LogP contribution in [0.25, 0.3) is 0 Å². The van der Waals surface area contributed by atoms with Gasteiger partial charge >= 0.3 is 5.69 Å². The van der Waals surface area contributed by atoms with E-state index in [1.54, 1.807) is 6.07 Å². The summed E-state index contributed by atoms with van der Waals surface area (Å²) >= 11 is 0. The van der Waals surface area contributed by atoms with E-state index in [1.807, 2.05) is 0 Å². The molecule has 6 nitrogen and oxygen atoms in total. The van der Waals surface area contributed by atoms with Gasteiger partial charge in [-0.05, 0) is 17.7 Å². The zero-order valence-electron chi connectivity index (χ0n) is 10.6. The summed E-state index contributed by atoms with van der Waals surface area (Å²) in [6, 6.07) is 5.53. The largest absolute Gasteiger partial charge is 0.393 e. The van der Waals surface area contributed by atoms with Crippen molar-refractivity contribution in [2.75, 3.05) is 5.73 Å². The summed E-state index contributed by atoms with van der Waals surface area (Å²) < 4.78 is 15.3. The van der Waals surface area contributed by atoms with Gasteiger partial charge in [0.1, 0.15) is 17.6 Å². The van der Waals surface area contributed by atoms with Crippen LogP contribution < -0.4 is 17.0 Å². The van der Waals surface area contributed by atoms with Crippen LogP contribution in [0.1, 0.15) is 11.1 Å². The Balaban J connectivity index is 2.54. The van der Waals surface area contributed by atoms with Crippen LogP contribution in [0.15, 0.2) is 34.0 Å². The maximum Gasteiger partial charge on any atom is 0.331 e. The number of nitrogens with two attached hydrogens (primary N) is 1. The summed E-state index contributed by atoms with van der Waals surface area (Å²) in [6.07, 6.45) is 1.24. The van der Waals surface area contributed by atoms with Crippen molar-refractivity contribution in [3.63, 3.8) is 0 Å². The Morgan fingerprint density at radius 2 is 2.10 bits per heavy atom. The number of halogens is 1. The molecule has 7 heteroatoms. The van der Waals surface area contributed by atoms with Crippen LogP contribution in [0.3, 0.4) is 0 Å². The fraction of sp³-hybridized carbons (Fsp3) is 0.154. The third-order valence-corrected chi connectivity index (χ3v) is 2.85. The number of benzene rings is 1. The second kappa shape index (κ2) is 5.01. The normalized spacial score (nSPS) is 10.2. The van der Waals surface area contributed by atoms with Gasteiger partial charge in [-0.2, -0.15) is 5.26 Å². The predicted octanol–water partition coefficient (Wildman–Crippen LogP) is 0.188. The Morgan fingerprint density at radius 1 is 1.40 bits per heavy atom. The lowest BCUT2D eigenvalue weighted by Gasteiger charge is -2.08. The van der Waals surface area contributed by atoms with Crippen LogP contribution in [-0.4, -0.2) is 9.13 Å². The Morgan fingerprint density at radius 3 is 2.75 bits per heavy atom. The van der Waals surface area contributed by atoms with E-state index in [-0.39, 0.29) is 17.8 Å². The average Bonchev–Trinajstić information content (AvgIpc) is 2.43. The number of hydrogen-bond acceptors (Lipinski definition) is 4. The molecular formula is C13H11FN4O2. The van der Waals surface area contributed by atoms with Crippen LogP contribution in [-0.2, 0) is 13.6 Å². The van der Waals surface area contributed by atoms with Crippen molar-refractivity contribution in [1.82, 2.24) is 9.13 Å². The molecule has 0 bridgehead atoms. The van der Waals surface area contributed by atoms with E-state index in [1.165, 1.54) is 29.9 Å². The van der Waals surface area contributed by atoms with E-state index in [0.717, 1.165) is 10.6 Å². The van der Waals surface area contributed by atoms with Crippen molar-refractivity contribution < 1.29 is 4.39 Å². The second-order valence-electron chi connectivity index (χ2n) is 4.30. The predicted molar refractivity (Wildman–Crippen MR) is 70.6 cm³/mol. The number of anilines is 1. The number of nitrogens with zero attached hydrogens (tertiary/aromatic N) is 3. The summed E-state index contributed by atoms with van der Waals surface area (Å²) in [7, 11) is 1.47. The summed E-state index contributed by atoms with van der Waals surface area (Å²) in [6.45, 7) is -0.0779. The first-order chi connectivity index (χ1) is 9.43. The summed E-state index contributed by atoms with van der Waals surface area (Å²) in [5.41, 5.74) is 4.63. The molecule has 0 radical (unpaired) electrons. The van der Waals surface area contributed by atoms with E-state index >= 15 is 0 Å². The Labute approximate surface area is 113 Å². The third kappa shape index (κ3) is 2.31. The van der Waals surface area contributed by atoms with Gasteiger partial charge in [0.2, 0.25) is 0 Å². The standard InChI is InChI=1S/C13H11FN4O2/c1-17-7-11(16)12(19)18(13(17)20)6-8-2-3-10(14)9(4-8)5-15/h2-4,7H,6,16H2,1H3. The molecule has 0 aliphatic heterocycles. The Hall–Kier alpha value is -2.88. The van der Waals surface area contributed by atoms with E-state index in [9.17, 15) is 14.0 Å². The fourth-order valence-electron chi connectivity index (χ4n) is 1.83. The van der Waals surface area contributed by atoms with Crippen molar-refractivity contribution in [2.45, 2.75) is 6.54 Å². The molecular weight excluding hydrogens is 263 g/mol. The van der Waals surface area contributed by atoms with E-state index in [4.69, 9.17) is 11.0 Å². The van der Waals surface area contributed by atoms with Crippen LogP contribution in [0.2, 0.25) is 0 Å². The maximum atomic E-state index is 13.2. The molecule has 0 atom stereocenters. The zero-order chi connectivity index (χ0) is 14.9. The first kappa shape index (κ1) is 13.5. The van der Waals surface area contributed by atoms with Gasteiger partial charge < -0.3 is 10.3 Å². The van der Waals surface area contributed by atoms with Crippen LogP contribution >= 0.6 is 0 Å². The molecule has 0 unspecified atom stereocenters. The summed E-state index contributed by atoms with van der Waals surface area (Å²) in [5, 5.41) is 8.76. The van der Waals surface area contributed by atoms with Crippen LogP contribution in [0.4, 0.5) is 10.1 Å². The summed E-state index contributed by atoms with van der Waals surface area (Å²) in [5.74, 6) is -0.649. The van der Waals surface area contributed by atoms with Crippen molar-refractivity contribution >= 4 is 5.69 Å². The van der Waals surface area contributed by atoms with Crippen LogP contribution in [0.5, 0.6) is 0 Å². The first-order valence-electron chi connectivity index (χ1n) is 5.68. The van der Waals surface area contributed by atoms with Gasteiger partial charge in [0, 0.05) is 13.2 Å². The molecule has 0 aliphatic carbocycles. The minimum atomic E-state index is -0.649. The summed E-state index contributed by atoms with van der Waals surface area (Å²) in [4.78, 5) is 23.8. The number of aryl methyl sites for hydroxylation is 1. The first-order valence-corrected chi connectivity index (χ1v) is 5.68. The third-order valence-electron chi connectivity index (χ3n) is 2.85. The zero-order valence-corrected chi connectivity index (χ0v) is 10.6. The molecule has 0 fully saturated rings. The van der Waals surface area contributed by atoms with Gasteiger partial charge in [-0.1, -0.05) is 6.07 Å². The minimum absolute atomic E-state index is 0.0604. The molecule has 0 amide bonds. The number of nitrogen functional groups attached to an aromatic ring is 1. The molecule has 20 heavy (non-hydrogen) atoms. The van der Waals surface area contributed by atoms with Gasteiger partial charge in [0.05, 0.1) is 12.1 Å². The molecule has 0 saturated carbocycles. The Bertz CT molecular complexity index is 795. The topological polar surface area (TPSA) is 93.8 Å². The van der Waals surface area contributed by atoms with Crippen molar-refractivity contribution in [2.24, 2.45) is 7.05 Å². The maximum absolute atomic E-state index is 13.2. The SMILES string of the molecule is Cn1cc(N)c(=O)n(Cc2ccc(F)c(C#N)c2)c1=O. The quantitative estimate of drug-likeness (QED) is 0.845. The van der Waals surface area contributed by atoms with Gasteiger partial charge in [-0.25, -0.2) is 9.18 Å². The minimum Gasteiger partial charge on any atom is -0.393 e. The molecule has 1 aromatic carbocycles. The van der Waals surface area contributed by atoms with Gasteiger partial charge in [-0.3, -0.25) is 9.36 Å². The fourth-order valence-corrected chi connectivity index (χ4v) is 1.83. The number of nitriles is 1. The van der Waals surface area contributed by atoms with E-state index < -0.39 is 17.1 Å². The van der Waals surface area contributed by atoms with Gasteiger partial charge in [-0.15, -0.1) is 0 Å². The van der Waals surface area contributed by atoms with Crippen molar-refractivity contribution in [1.29, 1.82) is 5.26 Å². The molecule has 102 valence electrons. The molecule has 2 aromatic rings. The molecule has 0 saturated heterocycles. The molecule has 2 N–H and O–H groups in total. The van der Waals surface area contributed by atoms with Gasteiger partial charge in [0.15, 0.2) is 0 Å². The number of aromatic nitrogens is 2. The molecule has 1 heterocycles. The molecule has 1 aromatic heterocycles. The second-order valence-corrected chi connectivity index (χ2v) is 4.30. The monoisotopic (exact) mass is 274 g/mol. The molecule has 0 spiro atoms. The van der Waals surface area contributed by atoms with E-state index in [2.05, 4.69) is 0 Å². The molecule has 2 rings (SSSR count). The lowest BCUT2D eigenvalue weighted by molar-refractivity contribution is 0.618. The highest BCUT2D eigenvalue weighted by atomic mass is 19.1. The Kier molecular flexibility index (Phi) is 3.39. The molecule has 0 aliphatic rings. The lowest BCUT2D eigenvalue weighted by Crippen LogP contribution is -2.39. The van der Waals surface area contributed by atoms with Crippen molar-refractivity contribution in [3.8, 4) is 6.07 Å². The highest BCUT2D eigenvalue weighted by Crippen LogP contribution is 2.10. The van der Waals surface area contributed by atoms with E-state index in [0.29, 0.717) is 5.56 Å². The highest BCUT2D eigenvalue weighted by Gasteiger charge is 2.09. The van der Waals surface area contributed by atoms with Gasteiger partial charge in [0.25, 0.3) is 5.56 Å². The smallest absolute Gasteiger partial charge is 0.331 e. The highest BCUT2D eigenvalue weighted by molar-refractivity contribution is 5.35. The van der Waals surface area contributed by atoms with Crippen molar-refractivity contribution in [3.05, 3.63) is 62.2 Å². The average molecular weight is 274 g/mol.